The lowest BCUT2D eigenvalue weighted by molar-refractivity contribution is -0.133. The number of ether oxygens (including phenoxy) is 1. The van der Waals surface area contributed by atoms with Crippen LogP contribution in [0, 0.1) is 5.82 Å². The molecule has 7 heteroatoms. The van der Waals surface area contributed by atoms with E-state index >= 15 is 0 Å². The van der Waals surface area contributed by atoms with Crippen molar-refractivity contribution in [3.05, 3.63) is 59.9 Å². The Labute approximate surface area is 157 Å². The summed E-state index contributed by atoms with van der Waals surface area (Å²) >= 11 is 0. The number of hydrogen-bond donors (Lipinski definition) is 1. The lowest BCUT2D eigenvalue weighted by atomic mass is 10.1. The van der Waals surface area contributed by atoms with Gasteiger partial charge in [0.05, 0.1) is 12.1 Å². The van der Waals surface area contributed by atoms with E-state index in [1.165, 1.54) is 6.07 Å². The van der Waals surface area contributed by atoms with Gasteiger partial charge in [-0.25, -0.2) is 4.39 Å². The first-order valence-corrected chi connectivity index (χ1v) is 8.80. The average molecular weight is 371 g/mol. The normalized spacial score (nSPS) is 14.1. The average Bonchev–Trinajstić information content (AvgIpc) is 2.67. The first-order chi connectivity index (χ1) is 13.0. The second-order valence-corrected chi connectivity index (χ2v) is 6.39. The Bertz CT molecular complexity index is 802. The number of piperazine rings is 1. The lowest BCUT2D eigenvalue weighted by Gasteiger charge is -2.36. The molecule has 0 atom stereocenters. The summed E-state index contributed by atoms with van der Waals surface area (Å²) in [6.45, 7) is 2.14. The third kappa shape index (κ3) is 4.97. The van der Waals surface area contributed by atoms with E-state index in [2.05, 4.69) is 0 Å². The maximum absolute atomic E-state index is 13.9. The maximum Gasteiger partial charge on any atom is 0.260 e. The molecule has 0 radical (unpaired) electrons. The van der Waals surface area contributed by atoms with Crippen LogP contribution in [0.15, 0.2) is 48.5 Å². The fraction of sp³-hybridized carbons (Fsp3) is 0.300. The number of carbonyl (C=O) groups excluding carboxylic acids is 2. The van der Waals surface area contributed by atoms with E-state index in [9.17, 15) is 14.0 Å². The van der Waals surface area contributed by atoms with Gasteiger partial charge in [-0.15, -0.1) is 0 Å². The molecule has 2 amide bonds. The van der Waals surface area contributed by atoms with E-state index in [-0.39, 0.29) is 24.8 Å². The Kier molecular flexibility index (Phi) is 5.90. The molecule has 2 aromatic carbocycles. The molecule has 1 aliphatic heterocycles. The second-order valence-electron chi connectivity index (χ2n) is 6.39. The zero-order valence-electron chi connectivity index (χ0n) is 14.9. The molecule has 1 aliphatic rings. The predicted molar refractivity (Wildman–Crippen MR) is 100 cm³/mol. The minimum absolute atomic E-state index is 0.0607. The molecule has 0 saturated carbocycles. The van der Waals surface area contributed by atoms with Crippen LogP contribution < -0.4 is 15.4 Å². The zero-order chi connectivity index (χ0) is 19.2. The maximum atomic E-state index is 13.9. The molecule has 0 unspecified atom stereocenters. The van der Waals surface area contributed by atoms with Crippen molar-refractivity contribution in [1.82, 2.24) is 4.90 Å². The van der Waals surface area contributed by atoms with Gasteiger partial charge in [0.2, 0.25) is 5.91 Å². The number of para-hydroxylation sites is 1. The van der Waals surface area contributed by atoms with E-state index in [0.717, 1.165) is 5.56 Å². The Morgan fingerprint density at radius 3 is 2.30 bits per heavy atom. The molecule has 0 aromatic heterocycles. The molecule has 2 aromatic rings. The number of nitrogens with two attached hydrogens (primary N) is 1. The van der Waals surface area contributed by atoms with E-state index in [4.69, 9.17) is 10.5 Å². The number of nitrogens with zero attached hydrogens (tertiary/aromatic N) is 2. The van der Waals surface area contributed by atoms with Gasteiger partial charge in [0, 0.05) is 26.2 Å². The first kappa shape index (κ1) is 18.7. The lowest BCUT2D eigenvalue weighted by Crippen LogP contribution is -2.50. The van der Waals surface area contributed by atoms with Crippen LogP contribution in [0.2, 0.25) is 0 Å². The quantitative estimate of drug-likeness (QED) is 0.837. The molecule has 0 aliphatic carbocycles. The highest BCUT2D eigenvalue weighted by molar-refractivity contribution is 5.78. The summed E-state index contributed by atoms with van der Waals surface area (Å²) in [7, 11) is 0. The Hall–Kier alpha value is -3.09. The molecule has 0 spiro atoms. The standard InChI is InChI=1S/C20H22FN3O3/c21-17-3-1-2-4-18(17)23-9-11-24(12-10-23)20(26)14-27-16-7-5-15(6-8-16)13-19(22)25/h1-8H,9-14H2,(H2,22,25). The van der Waals surface area contributed by atoms with Gasteiger partial charge in [0.1, 0.15) is 11.6 Å². The van der Waals surface area contributed by atoms with Crippen LogP contribution in [-0.4, -0.2) is 49.5 Å². The summed E-state index contributed by atoms with van der Waals surface area (Å²) in [4.78, 5) is 26.9. The summed E-state index contributed by atoms with van der Waals surface area (Å²) in [6, 6.07) is 13.6. The number of benzene rings is 2. The summed E-state index contributed by atoms with van der Waals surface area (Å²) < 4.78 is 19.4. The summed E-state index contributed by atoms with van der Waals surface area (Å²) in [5, 5.41) is 0. The van der Waals surface area contributed by atoms with Crippen molar-refractivity contribution >= 4 is 17.5 Å². The van der Waals surface area contributed by atoms with Crippen molar-refractivity contribution in [3.8, 4) is 5.75 Å². The number of halogens is 1. The van der Waals surface area contributed by atoms with E-state index < -0.39 is 5.91 Å². The smallest absolute Gasteiger partial charge is 0.260 e. The Balaban J connectivity index is 1.47. The van der Waals surface area contributed by atoms with Crippen molar-refractivity contribution in [2.24, 2.45) is 5.73 Å². The van der Waals surface area contributed by atoms with Crippen molar-refractivity contribution < 1.29 is 18.7 Å². The van der Waals surface area contributed by atoms with E-state index in [1.807, 2.05) is 4.90 Å². The molecule has 1 heterocycles. The SMILES string of the molecule is NC(=O)Cc1ccc(OCC(=O)N2CCN(c3ccccc3F)CC2)cc1. The predicted octanol–water partition coefficient (Wildman–Crippen LogP) is 1.58. The Morgan fingerprint density at radius 1 is 1.00 bits per heavy atom. The van der Waals surface area contributed by atoms with Gasteiger partial charge in [-0.05, 0) is 29.8 Å². The molecule has 2 N–H and O–H groups in total. The van der Waals surface area contributed by atoms with Crippen LogP contribution in [0.25, 0.3) is 0 Å². The van der Waals surface area contributed by atoms with Gasteiger partial charge in [0.15, 0.2) is 6.61 Å². The van der Waals surface area contributed by atoms with Crippen LogP contribution in [0.3, 0.4) is 0 Å². The number of amides is 2. The van der Waals surface area contributed by atoms with Gasteiger partial charge >= 0.3 is 0 Å². The molecule has 0 bridgehead atoms. The number of anilines is 1. The van der Waals surface area contributed by atoms with Gasteiger partial charge in [-0.2, -0.15) is 0 Å². The van der Waals surface area contributed by atoms with Crippen LogP contribution in [0.4, 0.5) is 10.1 Å². The van der Waals surface area contributed by atoms with Crippen molar-refractivity contribution in [1.29, 1.82) is 0 Å². The minimum atomic E-state index is -0.395. The molecular weight excluding hydrogens is 349 g/mol. The number of carbonyl (C=O) groups is 2. The third-order valence-corrected chi connectivity index (χ3v) is 4.49. The third-order valence-electron chi connectivity index (χ3n) is 4.49. The van der Waals surface area contributed by atoms with E-state index in [1.54, 1.807) is 47.4 Å². The molecule has 6 nitrogen and oxygen atoms in total. The van der Waals surface area contributed by atoms with Crippen LogP contribution in [0.1, 0.15) is 5.56 Å². The monoisotopic (exact) mass is 371 g/mol. The minimum Gasteiger partial charge on any atom is -0.484 e. The van der Waals surface area contributed by atoms with Gasteiger partial charge < -0.3 is 20.3 Å². The van der Waals surface area contributed by atoms with Gasteiger partial charge in [-0.3, -0.25) is 9.59 Å². The van der Waals surface area contributed by atoms with E-state index in [0.29, 0.717) is 37.6 Å². The van der Waals surface area contributed by atoms with Crippen LogP contribution >= 0.6 is 0 Å². The van der Waals surface area contributed by atoms with Crippen molar-refractivity contribution in [3.63, 3.8) is 0 Å². The van der Waals surface area contributed by atoms with Crippen LogP contribution in [-0.2, 0) is 16.0 Å². The summed E-state index contributed by atoms with van der Waals surface area (Å²) in [6.07, 6.45) is 0.172. The topological polar surface area (TPSA) is 75.9 Å². The van der Waals surface area contributed by atoms with Gasteiger partial charge in [0.25, 0.3) is 5.91 Å². The number of primary amides is 1. The first-order valence-electron chi connectivity index (χ1n) is 8.80. The highest BCUT2D eigenvalue weighted by Crippen LogP contribution is 2.20. The molecule has 27 heavy (non-hydrogen) atoms. The second kappa shape index (κ2) is 8.53. The molecule has 142 valence electrons. The highest BCUT2D eigenvalue weighted by Gasteiger charge is 2.22. The van der Waals surface area contributed by atoms with Crippen molar-refractivity contribution in [2.45, 2.75) is 6.42 Å². The Morgan fingerprint density at radius 2 is 1.67 bits per heavy atom. The molecule has 1 fully saturated rings. The zero-order valence-corrected chi connectivity index (χ0v) is 14.9. The highest BCUT2D eigenvalue weighted by atomic mass is 19.1. The summed E-state index contributed by atoms with van der Waals surface area (Å²) in [5.41, 5.74) is 6.52. The fourth-order valence-electron chi connectivity index (χ4n) is 3.05. The molecule has 1 saturated heterocycles. The number of hydrogen-bond acceptors (Lipinski definition) is 4. The molecular formula is C20H22FN3O3. The molecule has 3 rings (SSSR count). The number of rotatable bonds is 6. The largest absolute Gasteiger partial charge is 0.484 e. The fourth-order valence-corrected chi connectivity index (χ4v) is 3.05. The van der Waals surface area contributed by atoms with Gasteiger partial charge in [-0.1, -0.05) is 24.3 Å². The van der Waals surface area contributed by atoms with Crippen molar-refractivity contribution in [2.75, 3.05) is 37.7 Å². The van der Waals surface area contributed by atoms with Crippen LogP contribution in [0.5, 0.6) is 5.75 Å². The summed E-state index contributed by atoms with van der Waals surface area (Å²) in [5.74, 6) is -0.195.